The summed E-state index contributed by atoms with van der Waals surface area (Å²) in [6.45, 7) is 0. The lowest BCUT2D eigenvalue weighted by atomic mass is 9.92. The van der Waals surface area contributed by atoms with Gasteiger partial charge in [-0.3, -0.25) is 0 Å². The third-order valence-electron chi connectivity index (χ3n) is 14.6. The lowest BCUT2D eigenvalue weighted by Crippen LogP contribution is -2.04. The van der Waals surface area contributed by atoms with E-state index in [1.165, 1.54) is 21.9 Å². The van der Waals surface area contributed by atoms with E-state index in [1.807, 2.05) is 60.7 Å². The Morgan fingerprint density at radius 2 is 0.587 bits per heavy atom. The summed E-state index contributed by atoms with van der Waals surface area (Å²) in [5, 5.41) is 6.41. The van der Waals surface area contributed by atoms with E-state index in [0.29, 0.717) is 17.5 Å². The number of aromatic nitrogens is 4. The smallest absolute Gasteiger partial charge is 0.164 e. The zero-order valence-electron chi connectivity index (χ0n) is 40.4. The first-order valence-electron chi connectivity index (χ1n) is 25.2. The zero-order chi connectivity index (χ0) is 49.4. The van der Waals surface area contributed by atoms with Gasteiger partial charge in [0.1, 0.15) is 22.3 Å². The first-order chi connectivity index (χ1) is 37.1. The number of hydrogen-bond donors (Lipinski definition) is 0. The van der Waals surface area contributed by atoms with Crippen LogP contribution < -0.4 is 0 Å². The normalized spacial score (nSPS) is 11.7. The van der Waals surface area contributed by atoms with Crippen LogP contribution in [0.15, 0.2) is 264 Å². The standard InChI is InChI=1S/C69H42N4O2/c1-5-17-43(18-6-1)47-29-33-60-56(37-47)57-38-48(44-19-7-2-8-20-44)30-34-61(57)73(60)66-54(45-21-9-3-10-22-45)41-51(42-55(66)46-23-11-4-12-24-46)69-71-67(49-31-35-64-58(39-49)52-25-13-15-27-62(52)74-64)70-68(72-69)50-32-36-65-59(40-50)53-26-14-16-28-63(53)75-65/h1-42H. The van der Waals surface area contributed by atoms with Gasteiger partial charge in [-0.05, 0) is 118 Å². The molecule has 0 saturated carbocycles. The van der Waals surface area contributed by atoms with Gasteiger partial charge in [-0.15, -0.1) is 0 Å². The Morgan fingerprint density at radius 1 is 0.240 bits per heavy atom. The number of fused-ring (bicyclic) bond motifs is 9. The van der Waals surface area contributed by atoms with Crippen LogP contribution in [0.2, 0.25) is 0 Å². The maximum Gasteiger partial charge on any atom is 0.164 e. The summed E-state index contributed by atoms with van der Waals surface area (Å²) in [4.78, 5) is 16.2. The highest BCUT2D eigenvalue weighted by Gasteiger charge is 2.24. The van der Waals surface area contributed by atoms with Gasteiger partial charge in [0.15, 0.2) is 17.5 Å². The molecule has 11 aromatic carbocycles. The van der Waals surface area contributed by atoms with Crippen LogP contribution in [0.1, 0.15) is 0 Å². The molecule has 0 unspecified atom stereocenters. The van der Waals surface area contributed by atoms with Gasteiger partial charge in [-0.25, -0.2) is 15.0 Å². The molecule has 0 aliphatic carbocycles. The minimum Gasteiger partial charge on any atom is -0.456 e. The quantitative estimate of drug-likeness (QED) is 0.152. The van der Waals surface area contributed by atoms with Crippen molar-refractivity contribution in [3.05, 3.63) is 255 Å². The van der Waals surface area contributed by atoms with Gasteiger partial charge in [-0.1, -0.05) is 170 Å². The number of rotatable bonds is 8. The second-order valence-electron chi connectivity index (χ2n) is 19.1. The van der Waals surface area contributed by atoms with E-state index in [2.05, 4.69) is 199 Å². The number of benzene rings is 11. The highest BCUT2D eigenvalue weighted by Crippen LogP contribution is 2.46. The second-order valence-corrected chi connectivity index (χ2v) is 19.1. The van der Waals surface area contributed by atoms with Gasteiger partial charge in [-0.2, -0.15) is 0 Å². The molecule has 0 saturated heterocycles. The van der Waals surface area contributed by atoms with Crippen LogP contribution in [0.5, 0.6) is 0 Å². The van der Waals surface area contributed by atoms with E-state index in [1.54, 1.807) is 0 Å². The minimum absolute atomic E-state index is 0.549. The van der Waals surface area contributed by atoms with Crippen molar-refractivity contribution < 1.29 is 8.83 Å². The van der Waals surface area contributed by atoms with Crippen molar-refractivity contribution in [1.29, 1.82) is 0 Å². The van der Waals surface area contributed by atoms with E-state index in [0.717, 1.165) is 111 Å². The van der Waals surface area contributed by atoms with Gasteiger partial charge in [0, 0.05) is 60.1 Å². The Morgan fingerprint density at radius 3 is 1.03 bits per heavy atom. The SMILES string of the molecule is c1ccc(-c2ccc3c(c2)c2cc(-c4ccccc4)ccc2n3-c2c(-c3ccccc3)cc(-c3nc(-c4ccc5oc6ccccc6c5c4)nc(-c4ccc5oc6ccccc6c5c4)n3)cc2-c2ccccc2)cc1. The summed E-state index contributed by atoms with van der Waals surface area (Å²) >= 11 is 0. The van der Waals surface area contributed by atoms with Crippen molar-refractivity contribution in [3.63, 3.8) is 0 Å². The van der Waals surface area contributed by atoms with Crippen LogP contribution in [0.3, 0.4) is 0 Å². The maximum atomic E-state index is 6.29. The lowest BCUT2D eigenvalue weighted by molar-refractivity contribution is 0.668. The van der Waals surface area contributed by atoms with E-state index in [-0.39, 0.29) is 0 Å². The maximum absolute atomic E-state index is 6.29. The molecule has 6 heteroatoms. The molecule has 0 radical (unpaired) electrons. The summed E-state index contributed by atoms with van der Waals surface area (Å²) in [6, 6.07) is 89.8. The summed E-state index contributed by atoms with van der Waals surface area (Å²) in [6.07, 6.45) is 0. The van der Waals surface area contributed by atoms with Gasteiger partial charge >= 0.3 is 0 Å². The van der Waals surface area contributed by atoms with Gasteiger partial charge in [0.05, 0.1) is 16.7 Å². The topological polar surface area (TPSA) is 69.9 Å². The Balaban J connectivity index is 1.01. The Kier molecular flexibility index (Phi) is 9.78. The number of nitrogens with zero attached hydrogens (tertiary/aromatic N) is 4. The van der Waals surface area contributed by atoms with Crippen molar-refractivity contribution in [3.8, 4) is 84.4 Å². The van der Waals surface area contributed by atoms with Crippen molar-refractivity contribution >= 4 is 65.7 Å². The van der Waals surface area contributed by atoms with Crippen molar-refractivity contribution in [2.24, 2.45) is 0 Å². The molecule has 0 aliphatic rings. The highest BCUT2D eigenvalue weighted by molar-refractivity contribution is 6.13. The molecule has 0 atom stereocenters. The fraction of sp³-hybridized carbons (Fsp3) is 0. The van der Waals surface area contributed by atoms with Crippen LogP contribution in [-0.4, -0.2) is 19.5 Å². The monoisotopic (exact) mass is 958 g/mol. The summed E-state index contributed by atoms with van der Waals surface area (Å²) in [7, 11) is 0. The number of furan rings is 2. The lowest BCUT2D eigenvalue weighted by Gasteiger charge is -2.21. The molecule has 6 nitrogen and oxygen atoms in total. The zero-order valence-corrected chi connectivity index (χ0v) is 40.4. The summed E-state index contributed by atoms with van der Waals surface area (Å²) in [5.41, 5.74) is 18.0. The van der Waals surface area contributed by atoms with Gasteiger partial charge < -0.3 is 13.4 Å². The second kappa shape index (κ2) is 17.3. The molecule has 4 heterocycles. The molecule has 0 amide bonds. The molecular weight excluding hydrogens is 917 g/mol. The van der Waals surface area contributed by atoms with E-state index in [9.17, 15) is 0 Å². The number of para-hydroxylation sites is 2. The van der Waals surface area contributed by atoms with Crippen LogP contribution in [0.4, 0.5) is 0 Å². The predicted octanol–water partition coefficient (Wildman–Crippen LogP) is 18.4. The first-order valence-corrected chi connectivity index (χ1v) is 25.2. The van der Waals surface area contributed by atoms with E-state index >= 15 is 0 Å². The van der Waals surface area contributed by atoms with Crippen LogP contribution in [0, 0.1) is 0 Å². The Hall–Kier alpha value is -10.2. The van der Waals surface area contributed by atoms with Crippen molar-refractivity contribution in [1.82, 2.24) is 19.5 Å². The average molecular weight is 959 g/mol. The molecule has 15 rings (SSSR count). The van der Waals surface area contributed by atoms with Crippen molar-refractivity contribution in [2.75, 3.05) is 0 Å². The fourth-order valence-corrected chi connectivity index (χ4v) is 11.1. The molecule has 0 aliphatic heterocycles. The minimum atomic E-state index is 0.549. The largest absolute Gasteiger partial charge is 0.456 e. The third-order valence-corrected chi connectivity index (χ3v) is 14.6. The Bertz CT molecular complexity index is 4400. The summed E-state index contributed by atoms with van der Waals surface area (Å²) in [5.74, 6) is 1.65. The predicted molar refractivity (Wildman–Crippen MR) is 307 cm³/mol. The van der Waals surface area contributed by atoms with Crippen LogP contribution in [-0.2, 0) is 0 Å². The molecule has 0 bridgehead atoms. The molecular formula is C69H42N4O2. The first kappa shape index (κ1) is 42.5. The van der Waals surface area contributed by atoms with E-state index in [4.69, 9.17) is 23.8 Å². The fourth-order valence-electron chi connectivity index (χ4n) is 11.1. The molecule has 350 valence electrons. The van der Waals surface area contributed by atoms with Gasteiger partial charge in [0.25, 0.3) is 0 Å². The highest BCUT2D eigenvalue weighted by atomic mass is 16.3. The van der Waals surface area contributed by atoms with Crippen molar-refractivity contribution in [2.45, 2.75) is 0 Å². The average Bonchev–Trinajstić information content (AvgIpc) is 4.21. The van der Waals surface area contributed by atoms with Crippen LogP contribution >= 0.6 is 0 Å². The number of hydrogen-bond acceptors (Lipinski definition) is 5. The molecule has 0 spiro atoms. The molecule has 4 aromatic heterocycles. The summed E-state index contributed by atoms with van der Waals surface area (Å²) < 4.78 is 15.1. The molecule has 0 fully saturated rings. The Labute approximate surface area is 431 Å². The molecule has 0 N–H and O–H groups in total. The van der Waals surface area contributed by atoms with Gasteiger partial charge in [0.2, 0.25) is 0 Å². The molecule has 15 aromatic rings. The third kappa shape index (κ3) is 7.22. The molecule has 75 heavy (non-hydrogen) atoms. The van der Waals surface area contributed by atoms with Crippen LogP contribution in [0.25, 0.3) is 150 Å². The van der Waals surface area contributed by atoms with E-state index < -0.39 is 0 Å².